The highest BCUT2D eigenvalue weighted by molar-refractivity contribution is 7.80. The van der Waals surface area contributed by atoms with E-state index in [0.29, 0.717) is 11.5 Å². The smallest absolute Gasteiger partial charge is 0.240 e. The molecule has 1 aliphatic carbocycles. The van der Waals surface area contributed by atoms with E-state index < -0.39 is 5.41 Å². The van der Waals surface area contributed by atoms with Crippen molar-refractivity contribution in [2.24, 2.45) is 11.1 Å². The maximum Gasteiger partial charge on any atom is 0.240 e. The van der Waals surface area contributed by atoms with E-state index in [1.54, 1.807) is 4.90 Å². The lowest BCUT2D eigenvalue weighted by Crippen LogP contribution is -2.42. The third kappa shape index (κ3) is 2.05. The quantitative estimate of drug-likeness (QED) is 0.830. The van der Waals surface area contributed by atoms with E-state index in [1.165, 1.54) is 0 Å². The predicted octanol–water partition coefficient (Wildman–Crippen LogP) is 2.11. The van der Waals surface area contributed by atoms with Crippen LogP contribution in [0.3, 0.4) is 0 Å². The zero-order valence-electron chi connectivity index (χ0n) is 9.85. The molecular formula is C13H16N2OS. The van der Waals surface area contributed by atoms with Gasteiger partial charge in [0.2, 0.25) is 5.91 Å². The Morgan fingerprint density at radius 3 is 2.41 bits per heavy atom. The second kappa shape index (κ2) is 4.45. The number of anilines is 1. The number of amides is 1. The minimum absolute atomic E-state index is 0.0405. The van der Waals surface area contributed by atoms with E-state index in [-0.39, 0.29) is 5.91 Å². The van der Waals surface area contributed by atoms with Crippen LogP contribution in [0.25, 0.3) is 0 Å². The summed E-state index contributed by atoms with van der Waals surface area (Å²) in [6.07, 6.45) is 1.56. The molecule has 1 aromatic carbocycles. The molecule has 0 unspecified atom stereocenters. The first-order chi connectivity index (χ1) is 8.12. The molecule has 1 fully saturated rings. The van der Waals surface area contributed by atoms with Crippen molar-refractivity contribution in [2.45, 2.75) is 19.8 Å². The van der Waals surface area contributed by atoms with Crippen molar-refractivity contribution in [3.8, 4) is 0 Å². The van der Waals surface area contributed by atoms with Gasteiger partial charge in [0.15, 0.2) is 0 Å². The average molecular weight is 248 g/mol. The molecule has 0 spiro atoms. The van der Waals surface area contributed by atoms with Gasteiger partial charge in [-0.1, -0.05) is 30.4 Å². The minimum Gasteiger partial charge on any atom is -0.392 e. The number of hydrogen-bond acceptors (Lipinski definition) is 2. The van der Waals surface area contributed by atoms with Gasteiger partial charge in [-0.2, -0.15) is 0 Å². The largest absolute Gasteiger partial charge is 0.392 e. The van der Waals surface area contributed by atoms with Crippen LogP contribution >= 0.6 is 12.2 Å². The lowest BCUT2D eigenvalue weighted by molar-refractivity contribution is -0.121. The molecule has 17 heavy (non-hydrogen) atoms. The Morgan fingerprint density at radius 1 is 1.41 bits per heavy atom. The Hall–Kier alpha value is -1.42. The number of carbonyl (C=O) groups excluding carboxylic acids is 1. The molecule has 0 saturated heterocycles. The zero-order chi connectivity index (χ0) is 12.5. The van der Waals surface area contributed by atoms with Crippen LogP contribution in [-0.2, 0) is 4.79 Å². The Morgan fingerprint density at radius 2 is 2.00 bits per heavy atom. The van der Waals surface area contributed by atoms with Crippen molar-refractivity contribution in [3.63, 3.8) is 0 Å². The van der Waals surface area contributed by atoms with Crippen LogP contribution < -0.4 is 10.6 Å². The molecule has 3 nitrogen and oxygen atoms in total. The molecular weight excluding hydrogens is 232 g/mol. The van der Waals surface area contributed by atoms with Gasteiger partial charge in [0.25, 0.3) is 0 Å². The van der Waals surface area contributed by atoms with E-state index in [0.717, 1.165) is 18.5 Å². The molecule has 1 amide bonds. The van der Waals surface area contributed by atoms with Gasteiger partial charge in [-0.15, -0.1) is 0 Å². The standard InChI is InChI=1S/C13H16N2OS/c1-2-15(10-6-4-3-5-7-10)12(16)13(8-9-13)11(14)17/h3-7H,2,8-9H2,1H3,(H2,14,17). The summed E-state index contributed by atoms with van der Waals surface area (Å²) in [4.78, 5) is 14.5. The fraction of sp³-hybridized carbons (Fsp3) is 0.385. The number of hydrogen-bond donors (Lipinski definition) is 1. The fourth-order valence-corrected chi connectivity index (χ4v) is 2.29. The van der Waals surface area contributed by atoms with Gasteiger partial charge in [-0.05, 0) is 31.9 Å². The molecule has 0 heterocycles. The zero-order valence-corrected chi connectivity index (χ0v) is 10.7. The maximum absolute atomic E-state index is 12.5. The second-order valence-electron chi connectivity index (χ2n) is 4.33. The van der Waals surface area contributed by atoms with Gasteiger partial charge in [0.05, 0.1) is 10.4 Å². The highest BCUT2D eigenvalue weighted by atomic mass is 32.1. The lowest BCUT2D eigenvalue weighted by Gasteiger charge is -2.25. The Bertz CT molecular complexity index is 440. The van der Waals surface area contributed by atoms with Gasteiger partial charge in [0, 0.05) is 12.2 Å². The number of thiocarbonyl (C=S) groups is 1. The first-order valence-electron chi connectivity index (χ1n) is 5.79. The monoisotopic (exact) mass is 248 g/mol. The topological polar surface area (TPSA) is 46.3 Å². The highest BCUT2D eigenvalue weighted by Gasteiger charge is 2.54. The first kappa shape index (κ1) is 12.0. The normalized spacial score (nSPS) is 16.3. The molecule has 4 heteroatoms. The summed E-state index contributed by atoms with van der Waals surface area (Å²) in [5.41, 5.74) is 6.03. The van der Waals surface area contributed by atoms with Gasteiger partial charge in [-0.3, -0.25) is 4.79 Å². The SMILES string of the molecule is CCN(C(=O)C1(C(N)=S)CC1)c1ccccc1. The molecule has 1 aliphatic rings. The molecule has 2 N–H and O–H groups in total. The summed E-state index contributed by atoms with van der Waals surface area (Å²) in [6, 6.07) is 9.63. The summed E-state index contributed by atoms with van der Waals surface area (Å²) < 4.78 is 0. The fourth-order valence-electron chi connectivity index (χ4n) is 2.00. The summed E-state index contributed by atoms with van der Waals surface area (Å²) >= 11 is 5.02. The van der Waals surface area contributed by atoms with E-state index in [9.17, 15) is 4.79 Å². The number of carbonyl (C=O) groups is 1. The molecule has 2 rings (SSSR count). The lowest BCUT2D eigenvalue weighted by atomic mass is 10.1. The van der Waals surface area contributed by atoms with Crippen LogP contribution in [-0.4, -0.2) is 17.4 Å². The van der Waals surface area contributed by atoms with Crippen molar-refractivity contribution >= 4 is 28.8 Å². The van der Waals surface area contributed by atoms with Crippen LogP contribution in [0, 0.1) is 5.41 Å². The minimum atomic E-state index is -0.568. The van der Waals surface area contributed by atoms with E-state index in [1.807, 2.05) is 37.3 Å². The third-order valence-electron chi connectivity index (χ3n) is 3.26. The van der Waals surface area contributed by atoms with Crippen LogP contribution in [0.1, 0.15) is 19.8 Å². The number of rotatable bonds is 4. The first-order valence-corrected chi connectivity index (χ1v) is 6.19. The van der Waals surface area contributed by atoms with Crippen molar-refractivity contribution in [3.05, 3.63) is 30.3 Å². The van der Waals surface area contributed by atoms with Crippen molar-refractivity contribution in [1.29, 1.82) is 0 Å². The molecule has 0 aliphatic heterocycles. The molecule has 0 radical (unpaired) electrons. The summed E-state index contributed by atoms with van der Waals surface area (Å²) in [5.74, 6) is 0.0405. The van der Waals surface area contributed by atoms with E-state index in [2.05, 4.69) is 0 Å². The number of nitrogens with two attached hydrogens (primary N) is 1. The molecule has 90 valence electrons. The Kier molecular flexibility index (Phi) is 3.15. The van der Waals surface area contributed by atoms with Crippen LogP contribution in [0.2, 0.25) is 0 Å². The molecule has 1 aromatic rings. The van der Waals surface area contributed by atoms with Gasteiger partial charge < -0.3 is 10.6 Å². The van der Waals surface area contributed by atoms with Gasteiger partial charge in [0.1, 0.15) is 0 Å². The molecule has 0 atom stereocenters. The number of benzene rings is 1. The summed E-state index contributed by atoms with van der Waals surface area (Å²) in [7, 11) is 0. The summed E-state index contributed by atoms with van der Waals surface area (Å²) in [6.45, 7) is 2.59. The summed E-state index contributed by atoms with van der Waals surface area (Å²) in [5, 5.41) is 0. The van der Waals surface area contributed by atoms with Crippen LogP contribution in [0.5, 0.6) is 0 Å². The second-order valence-corrected chi connectivity index (χ2v) is 4.77. The van der Waals surface area contributed by atoms with E-state index in [4.69, 9.17) is 18.0 Å². The van der Waals surface area contributed by atoms with Crippen molar-refractivity contribution < 1.29 is 4.79 Å². The Labute approximate surface area is 107 Å². The molecule has 0 aromatic heterocycles. The highest BCUT2D eigenvalue weighted by Crippen LogP contribution is 2.48. The average Bonchev–Trinajstić information content (AvgIpc) is 3.12. The van der Waals surface area contributed by atoms with Crippen molar-refractivity contribution in [1.82, 2.24) is 0 Å². The maximum atomic E-state index is 12.5. The van der Waals surface area contributed by atoms with Crippen LogP contribution in [0.15, 0.2) is 30.3 Å². The van der Waals surface area contributed by atoms with Crippen molar-refractivity contribution in [2.75, 3.05) is 11.4 Å². The van der Waals surface area contributed by atoms with E-state index >= 15 is 0 Å². The van der Waals surface area contributed by atoms with Gasteiger partial charge >= 0.3 is 0 Å². The number of nitrogens with zero attached hydrogens (tertiary/aromatic N) is 1. The Balaban J connectivity index is 2.26. The molecule has 0 bridgehead atoms. The third-order valence-corrected chi connectivity index (χ3v) is 3.65. The molecule has 1 saturated carbocycles. The van der Waals surface area contributed by atoms with Gasteiger partial charge in [-0.25, -0.2) is 0 Å². The predicted molar refractivity (Wildman–Crippen MR) is 72.9 cm³/mol. The number of para-hydroxylation sites is 1. The van der Waals surface area contributed by atoms with Crippen LogP contribution in [0.4, 0.5) is 5.69 Å².